The third-order valence-electron chi connectivity index (χ3n) is 1.29. The molecule has 0 aromatic carbocycles. The van der Waals surface area contributed by atoms with Crippen LogP contribution in [0.15, 0.2) is 0 Å². The zero-order chi connectivity index (χ0) is 5.82. The van der Waals surface area contributed by atoms with Gasteiger partial charge in [-0.25, -0.2) is 0 Å². The largest absolute Gasteiger partial charge is 0.381 e. The van der Waals surface area contributed by atoms with Gasteiger partial charge in [-0.3, -0.25) is 0 Å². The van der Waals surface area contributed by atoms with E-state index in [1.165, 1.54) is 0 Å². The fourth-order valence-corrected chi connectivity index (χ4v) is 0.853. The highest BCUT2D eigenvalue weighted by atomic mass is 16.5. The maximum Gasteiger partial charge on any atom is 0.0887 e. The summed E-state index contributed by atoms with van der Waals surface area (Å²) >= 11 is 0. The van der Waals surface area contributed by atoms with Crippen LogP contribution in [0.5, 0.6) is 0 Å². The van der Waals surface area contributed by atoms with Crippen LogP contribution in [0.1, 0.15) is 6.42 Å². The van der Waals surface area contributed by atoms with Crippen LogP contribution in [0.4, 0.5) is 0 Å². The Morgan fingerprint density at radius 3 is 3.12 bits per heavy atom. The molecule has 0 bridgehead atoms. The highest BCUT2D eigenvalue weighted by molar-refractivity contribution is 4.70. The lowest BCUT2D eigenvalue weighted by molar-refractivity contribution is 0.168. The van der Waals surface area contributed by atoms with Gasteiger partial charge in [-0.15, -0.1) is 0 Å². The summed E-state index contributed by atoms with van der Waals surface area (Å²) in [6, 6.07) is 0. The van der Waals surface area contributed by atoms with Crippen LogP contribution in [0, 0.1) is 12.5 Å². The maximum atomic E-state index is 5.10. The van der Waals surface area contributed by atoms with Gasteiger partial charge in [-0.1, -0.05) is 0 Å². The Bertz CT molecular complexity index is 57.5. The molecule has 1 aliphatic rings. The number of hydrogen-bond donors (Lipinski definition) is 0. The molecule has 2 nitrogen and oxygen atoms in total. The van der Waals surface area contributed by atoms with Crippen molar-refractivity contribution in [3.63, 3.8) is 0 Å². The van der Waals surface area contributed by atoms with E-state index in [2.05, 4.69) is 0 Å². The van der Waals surface area contributed by atoms with E-state index >= 15 is 0 Å². The Morgan fingerprint density at radius 2 is 2.62 bits per heavy atom. The molecule has 0 aliphatic carbocycles. The zero-order valence-electron chi connectivity index (χ0n) is 5.09. The van der Waals surface area contributed by atoms with Gasteiger partial charge in [0.1, 0.15) is 0 Å². The van der Waals surface area contributed by atoms with Crippen LogP contribution in [0.2, 0.25) is 0 Å². The van der Waals surface area contributed by atoms with Crippen LogP contribution in [-0.4, -0.2) is 20.3 Å². The predicted octanol–water partition coefficient (Wildman–Crippen LogP) is 0.831. The lowest BCUT2D eigenvalue weighted by atomic mass is 10.1. The minimum atomic E-state index is 0.542. The van der Waals surface area contributed by atoms with Crippen molar-refractivity contribution in [1.29, 1.82) is 0 Å². The minimum Gasteiger partial charge on any atom is -0.381 e. The van der Waals surface area contributed by atoms with E-state index in [9.17, 15) is 0 Å². The summed E-state index contributed by atoms with van der Waals surface area (Å²) in [7, 11) is 1.68. The summed E-state index contributed by atoms with van der Waals surface area (Å²) in [5, 5.41) is 0. The zero-order valence-corrected chi connectivity index (χ0v) is 5.09. The molecule has 1 rings (SSSR count). The van der Waals surface area contributed by atoms with E-state index in [4.69, 9.17) is 9.47 Å². The molecule has 0 aromatic rings. The van der Waals surface area contributed by atoms with Gasteiger partial charge in [0.05, 0.1) is 13.2 Å². The van der Waals surface area contributed by atoms with Gasteiger partial charge in [0.25, 0.3) is 0 Å². The SMILES string of the molecule is CO[CH]C1CCOC1. The Labute approximate surface area is 49.8 Å². The van der Waals surface area contributed by atoms with Gasteiger partial charge in [0, 0.05) is 19.6 Å². The molecule has 1 unspecified atom stereocenters. The van der Waals surface area contributed by atoms with Gasteiger partial charge >= 0.3 is 0 Å². The van der Waals surface area contributed by atoms with Crippen molar-refractivity contribution in [2.24, 2.45) is 5.92 Å². The topological polar surface area (TPSA) is 18.5 Å². The quantitative estimate of drug-likeness (QED) is 0.530. The predicted molar refractivity (Wildman–Crippen MR) is 30.2 cm³/mol. The molecule has 1 aliphatic heterocycles. The standard InChI is InChI=1S/C6H11O2/c1-7-4-6-2-3-8-5-6/h4,6H,2-3,5H2,1H3. The maximum absolute atomic E-state index is 5.10. The molecule has 0 spiro atoms. The molecule has 1 fully saturated rings. The first-order valence-electron chi connectivity index (χ1n) is 2.87. The van der Waals surface area contributed by atoms with Crippen molar-refractivity contribution in [2.45, 2.75) is 6.42 Å². The second-order valence-corrected chi connectivity index (χ2v) is 2.00. The molecule has 1 saturated heterocycles. The summed E-state index contributed by atoms with van der Waals surface area (Å²) in [6.07, 6.45) is 1.12. The third-order valence-corrected chi connectivity index (χ3v) is 1.29. The minimum absolute atomic E-state index is 0.542. The first-order chi connectivity index (χ1) is 3.93. The van der Waals surface area contributed by atoms with E-state index in [0.29, 0.717) is 5.92 Å². The van der Waals surface area contributed by atoms with E-state index in [0.717, 1.165) is 19.6 Å². The van der Waals surface area contributed by atoms with Gasteiger partial charge in [-0.05, 0) is 6.42 Å². The molecule has 1 radical (unpaired) electrons. The summed E-state index contributed by atoms with van der Waals surface area (Å²) in [5.41, 5.74) is 0. The highest BCUT2D eigenvalue weighted by Gasteiger charge is 2.14. The molecular formula is C6H11O2. The Balaban J connectivity index is 2.06. The van der Waals surface area contributed by atoms with Crippen LogP contribution < -0.4 is 0 Å². The van der Waals surface area contributed by atoms with Gasteiger partial charge in [-0.2, -0.15) is 0 Å². The highest BCUT2D eigenvalue weighted by Crippen LogP contribution is 2.14. The first-order valence-corrected chi connectivity index (χ1v) is 2.87. The van der Waals surface area contributed by atoms with Crippen molar-refractivity contribution in [1.82, 2.24) is 0 Å². The average molecular weight is 115 g/mol. The van der Waals surface area contributed by atoms with Crippen molar-refractivity contribution in [3.8, 4) is 0 Å². The molecule has 2 heteroatoms. The lowest BCUT2D eigenvalue weighted by Gasteiger charge is -2.01. The molecule has 47 valence electrons. The second kappa shape index (κ2) is 3.05. The fraction of sp³-hybridized carbons (Fsp3) is 0.833. The molecular weight excluding hydrogens is 104 g/mol. The average Bonchev–Trinajstić information content (AvgIpc) is 2.19. The molecule has 1 atom stereocenters. The smallest absolute Gasteiger partial charge is 0.0887 e. The van der Waals surface area contributed by atoms with Gasteiger partial charge < -0.3 is 9.47 Å². The van der Waals surface area contributed by atoms with E-state index < -0.39 is 0 Å². The lowest BCUT2D eigenvalue weighted by Crippen LogP contribution is -2.00. The molecule has 0 aromatic heterocycles. The first kappa shape index (κ1) is 6.05. The summed E-state index contributed by atoms with van der Waals surface area (Å²) < 4.78 is 9.92. The van der Waals surface area contributed by atoms with Crippen molar-refractivity contribution < 1.29 is 9.47 Å². The number of rotatable bonds is 2. The molecule has 8 heavy (non-hydrogen) atoms. The van der Waals surface area contributed by atoms with Crippen molar-refractivity contribution >= 4 is 0 Å². The van der Waals surface area contributed by atoms with E-state index in [1.807, 2.05) is 6.61 Å². The Kier molecular flexibility index (Phi) is 2.30. The Morgan fingerprint density at radius 1 is 1.75 bits per heavy atom. The normalized spacial score (nSPS) is 28.9. The monoisotopic (exact) mass is 115 g/mol. The van der Waals surface area contributed by atoms with Crippen LogP contribution in [0.25, 0.3) is 0 Å². The van der Waals surface area contributed by atoms with Crippen LogP contribution >= 0.6 is 0 Å². The van der Waals surface area contributed by atoms with E-state index in [1.54, 1.807) is 7.11 Å². The molecule has 1 heterocycles. The number of hydrogen-bond acceptors (Lipinski definition) is 2. The second-order valence-electron chi connectivity index (χ2n) is 2.00. The summed E-state index contributed by atoms with van der Waals surface area (Å²) in [6.45, 7) is 3.57. The summed E-state index contributed by atoms with van der Waals surface area (Å²) in [4.78, 5) is 0. The number of methoxy groups -OCH3 is 1. The fourth-order valence-electron chi connectivity index (χ4n) is 0.853. The molecule has 0 amide bonds. The number of ether oxygens (including phenoxy) is 2. The third kappa shape index (κ3) is 1.46. The van der Waals surface area contributed by atoms with Gasteiger partial charge in [0.2, 0.25) is 0 Å². The molecule has 0 N–H and O–H groups in total. The Hall–Kier alpha value is -0.0800. The van der Waals surface area contributed by atoms with Crippen molar-refractivity contribution in [3.05, 3.63) is 6.61 Å². The van der Waals surface area contributed by atoms with E-state index in [-0.39, 0.29) is 0 Å². The van der Waals surface area contributed by atoms with Crippen LogP contribution in [-0.2, 0) is 9.47 Å². The molecule has 0 saturated carbocycles. The van der Waals surface area contributed by atoms with Crippen LogP contribution in [0.3, 0.4) is 0 Å². The van der Waals surface area contributed by atoms with Crippen molar-refractivity contribution in [2.75, 3.05) is 20.3 Å². The summed E-state index contributed by atoms with van der Waals surface area (Å²) in [5.74, 6) is 0.542. The van der Waals surface area contributed by atoms with Gasteiger partial charge in [0.15, 0.2) is 0 Å².